The molecule has 200 valence electrons. The molecule has 11 heteroatoms. The number of benzene rings is 3. The lowest BCUT2D eigenvalue weighted by Crippen LogP contribution is -2.25. The topological polar surface area (TPSA) is 105 Å². The molecule has 1 fully saturated rings. The summed E-state index contributed by atoms with van der Waals surface area (Å²) in [6.45, 7) is 1.65. The van der Waals surface area contributed by atoms with E-state index in [4.69, 9.17) is 0 Å². The van der Waals surface area contributed by atoms with E-state index in [-0.39, 0.29) is 33.8 Å². The predicted octanol–water partition coefficient (Wildman–Crippen LogP) is 5.19. The standard InChI is InChI=1S/C28H23F3N4O3S/c1-2-39(37,38)22-9-6-18(7-10-22)17-33-25(36)20-8-11-24-23(15-20)34-26(28(29,30)31)35(24)27(12-13-27)21-5-3-4-19(14-21)16-32/h3-11,14-15H,2,12-13,17H2,1H3,(H,33,36). The number of imidazole rings is 1. The summed E-state index contributed by atoms with van der Waals surface area (Å²) in [7, 11) is -3.34. The monoisotopic (exact) mass is 552 g/mol. The fourth-order valence-corrected chi connectivity index (χ4v) is 5.63. The SMILES string of the molecule is CCS(=O)(=O)c1ccc(CNC(=O)c2ccc3c(c2)nc(C(F)(F)F)n3C2(c3cccc(C#N)c3)CC2)cc1. The number of rotatable bonds is 7. The van der Waals surface area contributed by atoms with Gasteiger partial charge in [-0.15, -0.1) is 0 Å². The average Bonchev–Trinajstić information content (AvgIpc) is 3.64. The molecule has 1 aliphatic rings. The van der Waals surface area contributed by atoms with Crippen LogP contribution in [0.2, 0.25) is 0 Å². The summed E-state index contributed by atoms with van der Waals surface area (Å²) >= 11 is 0. The highest BCUT2D eigenvalue weighted by molar-refractivity contribution is 7.91. The van der Waals surface area contributed by atoms with Crippen LogP contribution >= 0.6 is 0 Å². The number of halogens is 3. The van der Waals surface area contributed by atoms with Gasteiger partial charge in [-0.1, -0.05) is 31.2 Å². The van der Waals surface area contributed by atoms with Gasteiger partial charge in [0.05, 0.1) is 38.9 Å². The van der Waals surface area contributed by atoms with Crippen molar-refractivity contribution in [3.8, 4) is 6.07 Å². The molecule has 0 atom stereocenters. The number of carbonyl (C=O) groups excluding carboxylic acids is 1. The Bertz CT molecular complexity index is 1730. The molecule has 5 rings (SSSR count). The predicted molar refractivity (Wildman–Crippen MR) is 138 cm³/mol. The van der Waals surface area contributed by atoms with Crippen LogP contribution in [-0.2, 0) is 28.1 Å². The quantitative estimate of drug-likeness (QED) is 0.340. The Kier molecular flexibility index (Phi) is 6.47. The second-order valence-electron chi connectivity index (χ2n) is 9.43. The van der Waals surface area contributed by atoms with Crippen LogP contribution in [0, 0.1) is 11.3 Å². The van der Waals surface area contributed by atoms with Crippen LogP contribution in [0.1, 0.15) is 52.6 Å². The molecule has 1 heterocycles. The minimum atomic E-state index is -4.73. The molecule has 0 spiro atoms. The summed E-state index contributed by atoms with van der Waals surface area (Å²) in [4.78, 5) is 16.9. The van der Waals surface area contributed by atoms with Gasteiger partial charge in [0.1, 0.15) is 0 Å². The molecule has 1 N–H and O–H groups in total. The van der Waals surface area contributed by atoms with Crippen LogP contribution < -0.4 is 5.32 Å². The molecule has 4 aromatic rings. The van der Waals surface area contributed by atoms with Gasteiger partial charge in [-0.3, -0.25) is 4.79 Å². The van der Waals surface area contributed by atoms with Crippen molar-refractivity contribution < 1.29 is 26.4 Å². The fraction of sp³-hybridized carbons (Fsp3) is 0.250. The van der Waals surface area contributed by atoms with Gasteiger partial charge in [0.15, 0.2) is 9.84 Å². The number of sulfone groups is 1. The largest absolute Gasteiger partial charge is 0.449 e. The highest BCUT2D eigenvalue weighted by Crippen LogP contribution is 2.53. The van der Waals surface area contributed by atoms with E-state index in [1.54, 1.807) is 43.3 Å². The molecule has 1 saturated carbocycles. The van der Waals surface area contributed by atoms with Crippen LogP contribution in [0.25, 0.3) is 11.0 Å². The van der Waals surface area contributed by atoms with Gasteiger partial charge in [0, 0.05) is 12.1 Å². The zero-order valence-electron chi connectivity index (χ0n) is 20.8. The van der Waals surface area contributed by atoms with Gasteiger partial charge in [-0.25, -0.2) is 13.4 Å². The van der Waals surface area contributed by atoms with Gasteiger partial charge in [-0.05, 0) is 66.4 Å². The Morgan fingerprint density at radius 3 is 2.44 bits per heavy atom. The molecule has 0 radical (unpaired) electrons. The summed E-state index contributed by atoms with van der Waals surface area (Å²) in [6.07, 6.45) is -3.82. The lowest BCUT2D eigenvalue weighted by molar-refractivity contribution is -0.147. The molecule has 0 aliphatic heterocycles. The number of nitriles is 1. The number of amides is 1. The lowest BCUT2D eigenvalue weighted by atomic mass is 10.0. The van der Waals surface area contributed by atoms with E-state index in [1.165, 1.54) is 34.9 Å². The Labute approximate surface area is 222 Å². The highest BCUT2D eigenvalue weighted by Gasteiger charge is 2.52. The van der Waals surface area contributed by atoms with E-state index in [1.807, 2.05) is 6.07 Å². The minimum absolute atomic E-state index is 0.0231. The molecule has 1 amide bonds. The van der Waals surface area contributed by atoms with E-state index in [0.29, 0.717) is 29.5 Å². The Morgan fingerprint density at radius 1 is 1.10 bits per heavy atom. The van der Waals surface area contributed by atoms with Crippen molar-refractivity contribution in [1.82, 2.24) is 14.9 Å². The van der Waals surface area contributed by atoms with E-state index in [9.17, 15) is 31.6 Å². The van der Waals surface area contributed by atoms with Gasteiger partial charge in [-0.2, -0.15) is 18.4 Å². The summed E-state index contributed by atoms with van der Waals surface area (Å²) < 4.78 is 67.6. The molecular weight excluding hydrogens is 529 g/mol. The van der Waals surface area contributed by atoms with E-state index in [2.05, 4.69) is 10.3 Å². The number of alkyl halides is 3. The Balaban J connectivity index is 1.44. The van der Waals surface area contributed by atoms with Gasteiger partial charge >= 0.3 is 6.18 Å². The third-order valence-corrected chi connectivity index (χ3v) is 8.72. The molecular formula is C28H23F3N4O3S. The molecule has 7 nitrogen and oxygen atoms in total. The average molecular weight is 553 g/mol. The fourth-order valence-electron chi connectivity index (χ4n) is 4.75. The lowest BCUT2D eigenvalue weighted by Gasteiger charge is -2.23. The number of hydrogen-bond donors (Lipinski definition) is 1. The second-order valence-corrected chi connectivity index (χ2v) is 11.7. The first-order valence-corrected chi connectivity index (χ1v) is 13.8. The van der Waals surface area contributed by atoms with Crippen LogP contribution in [0.4, 0.5) is 13.2 Å². The molecule has 1 aromatic heterocycles. The maximum atomic E-state index is 14.1. The third-order valence-electron chi connectivity index (χ3n) is 6.97. The summed E-state index contributed by atoms with van der Waals surface area (Å²) in [5, 5.41) is 12.0. The number of aromatic nitrogens is 2. The number of nitrogens with one attached hydrogen (secondary N) is 1. The first kappa shape index (κ1) is 26.4. The van der Waals surface area contributed by atoms with Gasteiger partial charge in [0.2, 0.25) is 5.82 Å². The first-order valence-electron chi connectivity index (χ1n) is 12.2. The molecule has 3 aromatic carbocycles. The Hall–Kier alpha value is -4.17. The van der Waals surface area contributed by atoms with Crippen molar-refractivity contribution in [2.45, 2.75) is 42.9 Å². The van der Waals surface area contributed by atoms with Crippen molar-refractivity contribution in [2.75, 3.05) is 5.75 Å². The molecule has 0 bridgehead atoms. The van der Waals surface area contributed by atoms with E-state index >= 15 is 0 Å². The van der Waals surface area contributed by atoms with Crippen molar-refractivity contribution >= 4 is 26.8 Å². The molecule has 0 saturated heterocycles. The minimum Gasteiger partial charge on any atom is -0.348 e. The second kappa shape index (κ2) is 9.54. The molecule has 0 unspecified atom stereocenters. The number of nitrogens with zero attached hydrogens (tertiary/aromatic N) is 3. The first-order chi connectivity index (χ1) is 18.5. The smallest absolute Gasteiger partial charge is 0.348 e. The van der Waals surface area contributed by atoms with Crippen LogP contribution in [-0.4, -0.2) is 29.6 Å². The van der Waals surface area contributed by atoms with Crippen molar-refractivity contribution in [2.24, 2.45) is 0 Å². The molecule has 1 aliphatic carbocycles. The van der Waals surface area contributed by atoms with Crippen molar-refractivity contribution in [3.63, 3.8) is 0 Å². The summed E-state index contributed by atoms with van der Waals surface area (Å²) in [5.41, 5.74) is 1.07. The van der Waals surface area contributed by atoms with Gasteiger partial charge in [0.25, 0.3) is 5.91 Å². The molecule has 39 heavy (non-hydrogen) atoms. The van der Waals surface area contributed by atoms with Crippen LogP contribution in [0.3, 0.4) is 0 Å². The van der Waals surface area contributed by atoms with Crippen molar-refractivity contribution in [3.05, 3.63) is 94.8 Å². The normalized spacial score (nSPS) is 14.6. The number of fused-ring (bicyclic) bond motifs is 1. The maximum Gasteiger partial charge on any atom is 0.449 e. The summed E-state index contributed by atoms with van der Waals surface area (Å²) in [5.74, 6) is -1.59. The third kappa shape index (κ3) is 4.88. The zero-order chi connectivity index (χ0) is 28.0. The maximum absolute atomic E-state index is 14.1. The number of carbonyl (C=O) groups is 1. The van der Waals surface area contributed by atoms with Gasteiger partial charge < -0.3 is 9.88 Å². The summed E-state index contributed by atoms with van der Waals surface area (Å²) in [6, 6.07) is 19.0. The zero-order valence-corrected chi connectivity index (χ0v) is 21.6. The van der Waals surface area contributed by atoms with Crippen LogP contribution in [0.5, 0.6) is 0 Å². The van der Waals surface area contributed by atoms with Crippen molar-refractivity contribution in [1.29, 1.82) is 5.26 Å². The van der Waals surface area contributed by atoms with Crippen LogP contribution in [0.15, 0.2) is 71.6 Å². The van der Waals surface area contributed by atoms with E-state index in [0.717, 1.165) is 0 Å². The Morgan fingerprint density at radius 2 is 1.82 bits per heavy atom. The van der Waals surface area contributed by atoms with E-state index < -0.39 is 33.3 Å². The highest BCUT2D eigenvalue weighted by atomic mass is 32.2. The number of hydrogen-bond acceptors (Lipinski definition) is 5.